The van der Waals surface area contributed by atoms with Crippen molar-refractivity contribution >= 4 is 23.5 Å². The van der Waals surface area contributed by atoms with Gasteiger partial charge in [0.1, 0.15) is 0 Å². The maximum atomic E-state index is 12.7. The fourth-order valence-electron chi connectivity index (χ4n) is 3.35. The van der Waals surface area contributed by atoms with Crippen molar-refractivity contribution in [3.8, 4) is 11.4 Å². The maximum Gasteiger partial charge on any atom is 0.321 e. The minimum absolute atomic E-state index is 0.0586. The summed E-state index contributed by atoms with van der Waals surface area (Å²) in [7, 11) is 0. The van der Waals surface area contributed by atoms with Gasteiger partial charge in [-0.1, -0.05) is 35.5 Å². The van der Waals surface area contributed by atoms with Gasteiger partial charge in [-0.05, 0) is 43.4 Å². The lowest BCUT2D eigenvalue weighted by atomic mass is 9.98. The van der Waals surface area contributed by atoms with Gasteiger partial charge in [-0.15, -0.1) is 11.8 Å². The quantitative estimate of drug-likeness (QED) is 0.639. The number of rotatable bonds is 4. The van der Waals surface area contributed by atoms with Crippen LogP contribution in [-0.4, -0.2) is 40.4 Å². The lowest BCUT2D eigenvalue weighted by Crippen LogP contribution is -2.41. The molecule has 0 saturated carbocycles. The molecule has 2 amide bonds. The van der Waals surface area contributed by atoms with Crippen LogP contribution >= 0.6 is 11.8 Å². The molecule has 0 aliphatic carbocycles. The number of benzene rings is 2. The van der Waals surface area contributed by atoms with Crippen LogP contribution in [0.4, 0.5) is 10.5 Å². The number of nitrogens with zero attached hydrogens (tertiary/aromatic N) is 3. The van der Waals surface area contributed by atoms with Crippen molar-refractivity contribution in [1.29, 1.82) is 0 Å². The topological polar surface area (TPSA) is 71.3 Å². The number of carbonyl (C=O) groups is 1. The van der Waals surface area contributed by atoms with Gasteiger partial charge >= 0.3 is 6.03 Å². The Labute approximate surface area is 168 Å². The van der Waals surface area contributed by atoms with Crippen LogP contribution in [-0.2, 0) is 0 Å². The molecular weight excluding hydrogens is 372 g/mol. The molecule has 6 nitrogen and oxygen atoms in total. The smallest absolute Gasteiger partial charge is 0.321 e. The molecule has 0 spiro atoms. The van der Waals surface area contributed by atoms with E-state index in [0.29, 0.717) is 18.3 Å². The summed E-state index contributed by atoms with van der Waals surface area (Å²) in [5, 5.41) is 7.09. The van der Waals surface area contributed by atoms with Gasteiger partial charge in [0.25, 0.3) is 0 Å². The van der Waals surface area contributed by atoms with Gasteiger partial charge in [0, 0.05) is 29.2 Å². The zero-order valence-corrected chi connectivity index (χ0v) is 16.5. The highest BCUT2D eigenvalue weighted by atomic mass is 32.2. The molecule has 2 aromatic carbocycles. The summed E-state index contributed by atoms with van der Waals surface area (Å²) in [4.78, 5) is 20.2. The largest absolute Gasteiger partial charge is 0.339 e. The monoisotopic (exact) mass is 394 g/mol. The Kier molecular flexibility index (Phi) is 5.62. The third-order valence-electron chi connectivity index (χ3n) is 4.87. The summed E-state index contributed by atoms with van der Waals surface area (Å²) in [5.41, 5.74) is 1.73. The molecule has 3 aromatic rings. The molecule has 1 aromatic heterocycles. The van der Waals surface area contributed by atoms with Gasteiger partial charge in [0.05, 0.1) is 5.92 Å². The van der Waals surface area contributed by atoms with E-state index in [2.05, 4.69) is 15.5 Å². The second-order valence-corrected chi connectivity index (χ2v) is 7.65. The Morgan fingerprint density at radius 2 is 1.96 bits per heavy atom. The number of nitrogens with one attached hydrogen (secondary N) is 1. The van der Waals surface area contributed by atoms with E-state index in [1.54, 1.807) is 11.8 Å². The standard InChI is InChI=1S/C21H22N4O2S/c1-28-18-11-9-17(10-12-18)22-21(26)25-13-5-8-16(14-25)20-23-19(24-27-20)15-6-3-2-4-7-15/h2-4,6-7,9-12,16H,5,8,13-14H2,1H3,(H,22,26). The van der Waals surface area contributed by atoms with Crippen molar-refractivity contribution in [3.05, 3.63) is 60.5 Å². The Morgan fingerprint density at radius 3 is 2.71 bits per heavy atom. The summed E-state index contributed by atoms with van der Waals surface area (Å²) in [5.74, 6) is 1.25. The van der Waals surface area contributed by atoms with E-state index < -0.39 is 0 Å². The maximum absolute atomic E-state index is 12.7. The fraction of sp³-hybridized carbons (Fsp3) is 0.286. The number of hydrogen-bond acceptors (Lipinski definition) is 5. The highest BCUT2D eigenvalue weighted by molar-refractivity contribution is 7.98. The third-order valence-corrected chi connectivity index (χ3v) is 5.62. The molecule has 7 heteroatoms. The van der Waals surface area contributed by atoms with E-state index >= 15 is 0 Å². The fourth-order valence-corrected chi connectivity index (χ4v) is 3.75. The number of urea groups is 1. The lowest BCUT2D eigenvalue weighted by Gasteiger charge is -2.31. The molecule has 0 radical (unpaired) electrons. The molecular formula is C21H22N4O2S. The second-order valence-electron chi connectivity index (χ2n) is 6.77. The van der Waals surface area contributed by atoms with Crippen molar-refractivity contribution in [2.75, 3.05) is 24.7 Å². The highest BCUT2D eigenvalue weighted by Gasteiger charge is 2.28. The SMILES string of the molecule is CSc1ccc(NC(=O)N2CCCC(c3nc(-c4ccccc4)no3)C2)cc1. The number of aromatic nitrogens is 2. The van der Waals surface area contributed by atoms with Gasteiger partial charge in [-0.3, -0.25) is 0 Å². The van der Waals surface area contributed by atoms with Crippen LogP contribution in [0.5, 0.6) is 0 Å². The average molecular weight is 395 g/mol. The predicted molar refractivity (Wildman–Crippen MR) is 111 cm³/mol. The van der Waals surface area contributed by atoms with Gasteiger partial charge < -0.3 is 14.7 Å². The van der Waals surface area contributed by atoms with Crippen LogP contribution in [0.15, 0.2) is 64.0 Å². The first-order valence-corrected chi connectivity index (χ1v) is 10.5. The first-order chi connectivity index (χ1) is 13.7. The molecule has 144 valence electrons. The van der Waals surface area contributed by atoms with Gasteiger partial charge in [-0.25, -0.2) is 4.79 Å². The average Bonchev–Trinajstić information content (AvgIpc) is 3.25. The van der Waals surface area contributed by atoms with Gasteiger partial charge in [0.2, 0.25) is 11.7 Å². The summed E-state index contributed by atoms with van der Waals surface area (Å²) < 4.78 is 5.51. The zero-order chi connectivity index (χ0) is 19.3. The van der Waals surface area contributed by atoms with Crippen molar-refractivity contribution in [1.82, 2.24) is 15.0 Å². The normalized spacial score (nSPS) is 16.8. The number of hydrogen-bond donors (Lipinski definition) is 1. The van der Waals surface area contributed by atoms with E-state index in [-0.39, 0.29) is 11.9 Å². The minimum Gasteiger partial charge on any atom is -0.339 e. The Bertz CT molecular complexity index is 927. The number of likely N-dealkylation sites (tertiary alicyclic amines) is 1. The molecule has 28 heavy (non-hydrogen) atoms. The molecule has 1 unspecified atom stereocenters. The molecule has 1 aliphatic rings. The minimum atomic E-state index is -0.0931. The lowest BCUT2D eigenvalue weighted by molar-refractivity contribution is 0.184. The van der Waals surface area contributed by atoms with Crippen molar-refractivity contribution < 1.29 is 9.32 Å². The predicted octanol–water partition coefficient (Wildman–Crippen LogP) is 4.87. The molecule has 1 aliphatic heterocycles. The summed E-state index contributed by atoms with van der Waals surface area (Å²) in [6, 6.07) is 17.5. The summed E-state index contributed by atoms with van der Waals surface area (Å²) in [6.45, 7) is 1.30. The highest BCUT2D eigenvalue weighted by Crippen LogP contribution is 2.28. The molecule has 1 fully saturated rings. The molecule has 0 bridgehead atoms. The van der Waals surface area contributed by atoms with E-state index in [0.717, 1.165) is 30.6 Å². The Balaban J connectivity index is 1.41. The molecule has 4 rings (SSSR count). The van der Waals surface area contributed by atoms with Crippen LogP contribution < -0.4 is 5.32 Å². The van der Waals surface area contributed by atoms with Crippen molar-refractivity contribution in [3.63, 3.8) is 0 Å². The zero-order valence-electron chi connectivity index (χ0n) is 15.7. The first-order valence-electron chi connectivity index (χ1n) is 9.32. The number of amides is 2. The van der Waals surface area contributed by atoms with Gasteiger partial charge in [-0.2, -0.15) is 4.98 Å². The number of piperidine rings is 1. The van der Waals surface area contributed by atoms with Crippen LogP contribution in [0.25, 0.3) is 11.4 Å². The van der Waals surface area contributed by atoms with Crippen LogP contribution in [0.2, 0.25) is 0 Å². The summed E-state index contributed by atoms with van der Waals surface area (Å²) in [6.07, 6.45) is 3.87. The number of thioether (sulfide) groups is 1. The van der Waals surface area contributed by atoms with Crippen molar-refractivity contribution in [2.45, 2.75) is 23.7 Å². The first kappa shape index (κ1) is 18.6. The number of anilines is 1. The second kappa shape index (κ2) is 8.48. The molecule has 1 N–H and O–H groups in total. The van der Waals surface area contributed by atoms with E-state index in [9.17, 15) is 4.79 Å². The van der Waals surface area contributed by atoms with Crippen LogP contribution in [0, 0.1) is 0 Å². The third kappa shape index (κ3) is 4.20. The number of carbonyl (C=O) groups excluding carboxylic acids is 1. The molecule has 2 heterocycles. The molecule has 1 saturated heterocycles. The van der Waals surface area contributed by atoms with E-state index in [4.69, 9.17) is 4.52 Å². The Hall–Kier alpha value is -2.80. The molecule has 1 atom stereocenters. The van der Waals surface area contributed by atoms with Crippen LogP contribution in [0.1, 0.15) is 24.7 Å². The van der Waals surface area contributed by atoms with E-state index in [1.807, 2.05) is 65.8 Å². The van der Waals surface area contributed by atoms with E-state index in [1.165, 1.54) is 4.90 Å². The van der Waals surface area contributed by atoms with Crippen LogP contribution in [0.3, 0.4) is 0 Å². The Morgan fingerprint density at radius 1 is 1.18 bits per heavy atom. The van der Waals surface area contributed by atoms with Gasteiger partial charge in [0.15, 0.2) is 0 Å². The van der Waals surface area contributed by atoms with Crippen molar-refractivity contribution in [2.24, 2.45) is 0 Å². The summed E-state index contributed by atoms with van der Waals surface area (Å²) >= 11 is 1.68.